The molecular weight excluding hydrogens is 262 g/mol. The highest BCUT2D eigenvalue weighted by molar-refractivity contribution is 5.61. The number of alkyl halides is 2. The van der Waals surface area contributed by atoms with Crippen LogP contribution in [0, 0.1) is 0 Å². The molecule has 1 saturated heterocycles. The lowest BCUT2D eigenvalue weighted by Crippen LogP contribution is -2.40. The molecule has 0 aromatic carbocycles. The fourth-order valence-electron chi connectivity index (χ4n) is 2.21. The van der Waals surface area contributed by atoms with E-state index in [0.717, 1.165) is 11.1 Å². The first-order chi connectivity index (χ1) is 9.64. The van der Waals surface area contributed by atoms with E-state index >= 15 is 0 Å². The van der Waals surface area contributed by atoms with E-state index in [1.54, 1.807) is 29.7 Å². The number of hydrogen-bond acceptors (Lipinski definition) is 4. The van der Waals surface area contributed by atoms with Crippen LogP contribution in [0.4, 0.5) is 14.7 Å². The molecule has 3 rings (SSSR count). The summed E-state index contributed by atoms with van der Waals surface area (Å²) in [7, 11) is 0. The Morgan fingerprint density at radius 2 is 1.55 bits per heavy atom. The Hall–Kier alpha value is -2.11. The van der Waals surface area contributed by atoms with Crippen molar-refractivity contribution in [2.75, 3.05) is 18.0 Å². The number of halogens is 2. The zero-order valence-corrected chi connectivity index (χ0v) is 10.8. The third-order valence-electron chi connectivity index (χ3n) is 3.43. The Morgan fingerprint density at radius 3 is 2.15 bits per heavy atom. The first-order valence-corrected chi connectivity index (χ1v) is 6.49. The monoisotopic (exact) mass is 276 g/mol. The highest BCUT2D eigenvalue weighted by Gasteiger charge is 2.34. The Morgan fingerprint density at radius 1 is 0.950 bits per heavy atom. The van der Waals surface area contributed by atoms with Gasteiger partial charge in [0.25, 0.3) is 5.92 Å². The highest BCUT2D eigenvalue weighted by Crippen LogP contribution is 2.29. The van der Waals surface area contributed by atoms with Crippen LogP contribution in [0.15, 0.2) is 36.9 Å². The van der Waals surface area contributed by atoms with Crippen LogP contribution in [0.3, 0.4) is 0 Å². The van der Waals surface area contributed by atoms with Crippen LogP contribution >= 0.6 is 0 Å². The molecule has 0 N–H and O–H groups in total. The average molecular weight is 276 g/mol. The Labute approximate surface area is 115 Å². The molecule has 104 valence electrons. The fourth-order valence-corrected chi connectivity index (χ4v) is 2.21. The number of nitrogens with zero attached hydrogens (tertiary/aromatic N) is 4. The van der Waals surface area contributed by atoms with Gasteiger partial charge in [0, 0.05) is 56.3 Å². The summed E-state index contributed by atoms with van der Waals surface area (Å²) >= 11 is 0. The summed E-state index contributed by atoms with van der Waals surface area (Å²) in [4.78, 5) is 14.3. The molecule has 0 unspecified atom stereocenters. The minimum Gasteiger partial charge on any atom is -0.340 e. The molecule has 2 aromatic heterocycles. The summed E-state index contributed by atoms with van der Waals surface area (Å²) in [6, 6.07) is 3.75. The lowest BCUT2D eigenvalue weighted by Gasteiger charge is -2.31. The van der Waals surface area contributed by atoms with Crippen molar-refractivity contribution in [2.24, 2.45) is 0 Å². The summed E-state index contributed by atoms with van der Waals surface area (Å²) in [5.74, 6) is -2.04. The molecule has 2 aromatic rings. The van der Waals surface area contributed by atoms with Gasteiger partial charge in [-0.2, -0.15) is 0 Å². The summed E-state index contributed by atoms with van der Waals surface area (Å²) < 4.78 is 26.2. The predicted molar refractivity (Wildman–Crippen MR) is 71.7 cm³/mol. The van der Waals surface area contributed by atoms with E-state index in [1.807, 2.05) is 12.1 Å². The van der Waals surface area contributed by atoms with Crippen LogP contribution in [0.25, 0.3) is 11.1 Å². The van der Waals surface area contributed by atoms with Gasteiger partial charge in [-0.15, -0.1) is 0 Å². The quantitative estimate of drug-likeness (QED) is 0.846. The van der Waals surface area contributed by atoms with Gasteiger partial charge in [-0.3, -0.25) is 4.98 Å². The third-order valence-corrected chi connectivity index (χ3v) is 3.43. The van der Waals surface area contributed by atoms with Gasteiger partial charge in [0.1, 0.15) is 0 Å². The van der Waals surface area contributed by atoms with Gasteiger partial charge in [-0.05, 0) is 17.7 Å². The summed E-state index contributed by atoms with van der Waals surface area (Å²) in [5.41, 5.74) is 1.87. The van der Waals surface area contributed by atoms with Gasteiger partial charge in [-0.1, -0.05) is 0 Å². The standard InChI is InChI=1S/C14H14F2N4/c15-14(16)3-7-20(8-4-14)13-18-9-12(10-19-13)11-1-5-17-6-2-11/h1-2,5-6,9-10H,3-4,7-8H2. The van der Waals surface area contributed by atoms with Crippen molar-refractivity contribution in [3.05, 3.63) is 36.9 Å². The highest BCUT2D eigenvalue weighted by atomic mass is 19.3. The normalized spacial score (nSPS) is 18.0. The Bertz CT molecular complexity index is 561. The van der Waals surface area contributed by atoms with Crippen LogP contribution in [0.1, 0.15) is 12.8 Å². The van der Waals surface area contributed by atoms with Crippen LogP contribution < -0.4 is 4.90 Å². The molecule has 1 aliphatic heterocycles. The van der Waals surface area contributed by atoms with Crippen LogP contribution in [-0.2, 0) is 0 Å². The van der Waals surface area contributed by atoms with Crippen LogP contribution in [0.5, 0.6) is 0 Å². The molecule has 0 spiro atoms. The van der Waals surface area contributed by atoms with Gasteiger partial charge < -0.3 is 4.90 Å². The topological polar surface area (TPSA) is 41.9 Å². The van der Waals surface area contributed by atoms with E-state index < -0.39 is 5.92 Å². The van der Waals surface area contributed by atoms with Gasteiger partial charge >= 0.3 is 0 Å². The Kier molecular flexibility index (Phi) is 3.30. The lowest BCUT2D eigenvalue weighted by atomic mass is 10.1. The zero-order chi connectivity index (χ0) is 14.0. The molecule has 3 heterocycles. The molecule has 1 fully saturated rings. The number of aromatic nitrogens is 3. The van der Waals surface area contributed by atoms with Crippen molar-refractivity contribution in [3.8, 4) is 11.1 Å². The number of hydrogen-bond donors (Lipinski definition) is 0. The van der Waals surface area contributed by atoms with Crippen LogP contribution in [0.2, 0.25) is 0 Å². The molecule has 20 heavy (non-hydrogen) atoms. The van der Waals surface area contributed by atoms with Gasteiger partial charge in [0.05, 0.1) is 0 Å². The first kappa shape index (κ1) is 12.9. The molecular formula is C14H14F2N4. The zero-order valence-electron chi connectivity index (χ0n) is 10.8. The smallest absolute Gasteiger partial charge is 0.251 e. The molecule has 0 amide bonds. The third kappa shape index (κ3) is 2.74. The largest absolute Gasteiger partial charge is 0.340 e. The molecule has 0 aliphatic carbocycles. The van der Waals surface area contributed by atoms with Gasteiger partial charge in [0.15, 0.2) is 0 Å². The van der Waals surface area contributed by atoms with Crippen molar-refractivity contribution in [2.45, 2.75) is 18.8 Å². The number of pyridine rings is 1. The van der Waals surface area contributed by atoms with E-state index in [-0.39, 0.29) is 12.8 Å². The van der Waals surface area contributed by atoms with E-state index in [1.165, 1.54) is 0 Å². The van der Waals surface area contributed by atoms with Crippen molar-refractivity contribution >= 4 is 5.95 Å². The minimum absolute atomic E-state index is 0.136. The number of rotatable bonds is 2. The second-order valence-corrected chi connectivity index (χ2v) is 4.85. The molecule has 6 heteroatoms. The molecule has 0 atom stereocenters. The number of piperidine rings is 1. The molecule has 4 nitrogen and oxygen atoms in total. The average Bonchev–Trinajstić information content (AvgIpc) is 2.48. The van der Waals surface area contributed by atoms with Crippen molar-refractivity contribution in [1.82, 2.24) is 15.0 Å². The van der Waals surface area contributed by atoms with Gasteiger partial charge in [-0.25, -0.2) is 18.7 Å². The van der Waals surface area contributed by atoms with Crippen molar-refractivity contribution in [3.63, 3.8) is 0 Å². The summed E-state index contributed by atoms with van der Waals surface area (Å²) in [6.45, 7) is 0.587. The van der Waals surface area contributed by atoms with E-state index in [9.17, 15) is 8.78 Å². The van der Waals surface area contributed by atoms with Gasteiger partial charge in [0.2, 0.25) is 5.95 Å². The molecule has 0 radical (unpaired) electrons. The second kappa shape index (κ2) is 5.11. The minimum atomic E-state index is -2.55. The molecule has 0 bridgehead atoms. The SMILES string of the molecule is FC1(F)CCN(c2ncc(-c3ccncc3)cn2)CC1. The summed E-state index contributed by atoms with van der Waals surface area (Å²) in [6.07, 6.45) is 6.56. The molecule has 0 saturated carbocycles. The number of anilines is 1. The van der Waals surface area contributed by atoms with E-state index in [4.69, 9.17) is 0 Å². The Balaban J connectivity index is 1.74. The second-order valence-electron chi connectivity index (χ2n) is 4.85. The van der Waals surface area contributed by atoms with Crippen molar-refractivity contribution < 1.29 is 8.78 Å². The molecule has 1 aliphatic rings. The van der Waals surface area contributed by atoms with E-state index in [0.29, 0.717) is 19.0 Å². The maximum Gasteiger partial charge on any atom is 0.251 e. The predicted octanol–water partition coefficient (Wildman–Crippen LogP) is 2.77. The van der Waals surface area contributed by atoms with E-state index in [2.05, 4.69) is 15.0 Å². The summed E-state index contributed by atoms with van der Waals surface area (Å²) in [5, 5.41) is 0. The van der Waals surface area contributed by atoms with Crippen LogP contribution in [-0.4, -0.2) is 34.0 Å². The first-order valence-electron chi connectivity index (χ1n) is 6.49. The lowest BCUT2D eigenvalue weighted by molar-refractivity contribution is -0.0222. The van der Waals surface area contributed by atoms with Crippen molar-refractivity contribution in [1.29, 1.82) is 0 Å². The fraction of sp³-hybridized carbons (Fsp3) is 0.357. The maximum absolute atomic E-state index is 13.1. The maximum atomic E-state index is 13.1.